The van der Waals surface area contributed by atoms with E-state index in [0.717, 1.165) is 30.4 Å². The average Bonchev–Trinajstić information content (AvgIpc) is 2.83. The quantitative estimate of drug-likeness (QED) is 0.529. The average molecular weight is 475 g/mol. The van der Waals surface area contributed by atoms with E-state index in [1.54, 1.807) is 28.6 Å². The van der Waals surface area contributed by atoms with Gasteiger partial charge in [0.2, 0.25) is 10.0 Å². The first-order valence-electron chi connectivity index (χ1n) is 11.6. The number of ether oxygens (including phenoxy) is 2. The van der Waals surface area contributed by atoms with Crippen LogP contribution in [0.25, 0.3) is 0 Å². The molecule has 0 unspecified atom stereocenters. The van der Waals surface area contributed by atoms with E-state index in [2.05, 4.69) is 5.32 Å². The van der Waals surface area contributed by atoms with Gasteiger partial charge in [0.05, 0.1) is 11.4 Å². The number of carbonyl (C=O) groups is 1. The van der Waals surface area contributed by atoms with Crippen molar-refractivity contribution in [1.82, 2.24) is 9.62 Å². The molecule has 1 saturated heterocycles. The van der Waals surface area contributed by atoms with Gasteiger partial charge in [-0.2, -0.15) is 4.31 Å². The zero-order chi connectivity index (χ0) is 23.8. The Hall–Kier alpha value is -2.58. The summed E-state index contributed by atoms with van der Waals surface area (Å²) in [6, 6.07) is 12.4. The Balaban J connectivity index is 1.47. The Morgan fingerprint density at radius 3 is 2.42 bits per heavy atom. The van der Waals surface area contributed by atoms with E-state index < -0.39 is 16.1 Å². The molecule has 1 heterocycles. The highest BCUT2D eigenvalue weighted by molar-refractivity contribution is 7.89. The first-order chi connectivity index (χ1) is 15.8. The van der Waals surface area contributed by atoms with Gasteiger partial charge in [-0.05, 0) is 74.6 Å². The van der Waals surface area contributed by atoms with Crippen LogP contribution in [-0.4, -0.2) is 51.0 Å². The second-order valence-corrected chi connectivity index (χ2v) is 10.3. The van der Waals surface area contributed by atoms with Crippen molar-refractivity contribution < 1.29 is 22.7 Å². The molecule has 180 valence electrons. The van der Waals surface area contributed by atoms with Gasteiger partial charge in [0.1, 0.15) is 18.1 Å². The van der Waals surface area contributed by atoms with Gasteiger partial charge in [-0.25, -0.2) is 8.42 Å². The third-order valence-corrected chi connectivity index (χ3v) is 7.64. The minimum absolute atomic E-state index is 0.190. The molecule has 1 fully saturated rings. The molecule has 0 radical (unpaired) electrons. The molecule has 0 saturated carbocycles. The van der Waals surface area contributed by atoms with E-state index in [-0.39, 0.29) is 17.4 Å². The van der Waals surface area contributed by atoms with Crippen LogP contribution in [-0.2, 0) is 14.8 Å². The molecule has 0 bridgehead atoms. The second kappa shape index (κ2) is 11.5. The molecule has 2 aromatic carbocycles. The number of aryl methyl sites for hydroxylation is 2. The van der Waals surface area contributed by atoms with E-state index >= 15 is 0 Å². The number of sulfonamides is 1. The molecule has 8 heteroatoms. The smallest absolute Gasteiger partial charge is 0.261 e. The number of piperidine rings is 1. The molecular formula is C25H34N2O5S. The molecular weight excluding hydrogens is 440 g/mol. The van der Waals surface area contributed by atoms with E-state index in [0.29, 0.717) is 37.6 Å². The molecule has 3 rings (SSSR count). The summed E-state index contributed by atoms with van der Waals surface area (Å²) in [5.41, 5.74) is 2.06. The summed E-state index contributed by atoms with van der Waals surface area (Å²) in [6.07, 6.45) is 2.85. The second-order valence-electron chi connectivity index (χ2n) is 8.36. The first kappa shape index (κ1) is 25.1. The number of nitrogens with one attached hydrogen (secondary N) is 1. The van der Waals surface area contributed by atoms with Gasteiger partial charge < -0.3 is 14.8 Å². The van der Waals surface area contributed by atoms with Crippen LogP contribution in [0.2, 0.25) is 0 Å². The highest BCUT2D eigenvalue weighted by atomic mass is 32.2. The van der Waals surface area contributed by atoms with Crippen molar-refractivity contribution in [2.24, 2.45) is 0 Å². The molecule has 2 aromatic rings. The lowest BCUT2D eigenvalue weighted by atomic mass is 10.1. The maximum atomic E-state index is 12.7. The van der Waals surface area contributed by atoms with Crippen molar-refractivity contribution in [2.45, 2.75) is 57.5 Å². The molecule has 1 atom stereocenters. The topological polar surface area (TPSA) is 84.9 Å². The molecule has 1 N–H and O–H groups in total. The fraction of sp³-hybridized carbons (Fsp3) is 0.480. The Labute approximate surface area is 197 Å². The number of benzene rings is 2. The van der Waals surface area contributed by atoms with E-state index in [9.17, 15) is 13.2 Å². The van der Waals surface area contributed by atoms with E-state index in [1.807, 2.05) is 39.0 Å². The van der Waals surface area contributed by atoms with Gasteiger partial charge in [-0.15, -0.1) is 0 Å². The number of carbonyl (C=O) groups excluding carboxylic acids is 1. The normalized spacial score (nSPS) is 15.6. The SMILES string of the molecule is CC[C@H](Oc1cc(C)ccc1C)C(=O)NCCOc1ccc(S(=O)(=O)N2CCCCC2)cc1. The molecule has 1 aliphatic rings. The van der Waals surface area contributed by atoms with E-state index in [1.165, 1.54) is 0 Å². The van der Waals surface area contributed by atoms with Gasteiger partial charge >= 0.3 is 0 Å². The lowest BCUT2D eigenvalue weighted by Gasteiger charge is -2.25. The van der Waals surface area contributed by atoms with Crippen LogP contribution < -0.4 is 14.8 Å². The summed E-state index contributed by atoms with van der Waals surface area (Å²) in [4.78, 5) is 12.8. The third-order valence-electron chi connectivity index (χ3n) is 5.72. The Morgan fingerprint density at radius 2 is 1.76 bits per heavy atom. The Morgan fingerprint density at radius 1 is 1.06 bits per heavy atom. The third kappa shape index (κ3) is 6.71. The number of hydrogen-bond donors (Lipinski definition) is 1. The summed E-state index contributed by atoms with van der Waals surface area (Å²) in [5, 5.41) is 2.85. The van der Waals surface area contributed by atoms with E-state index in [4.69, 9.17) is 9.47 Å². The summed E-state index contributed by atoms with van der Waals surface area (Å²) < 4.78 is 38.6. The fourth-order valence-corrected chi connectivity index (χ4v) is 5.25. The summed E-state index contributed by atoms with van der Waals surface area (Å²) in [6.45, 7) is 7.59. The van der Waals surface area contributed by atoms with Crippen molar-refractivity contribution in [1.29, 1.82) is 0 Å². The zero-order valence-electron chi connectivity index (χ0n) is 19.7. The van der Waals surface area contributed by atoms with Crippen molar-refractivity contribution in [3.05, 3.63) is 53.6 Å². The maximum Gasteiger partial charge on any atom is 0.261 e. The highest BCUT2D eigenvalue weighted by Gasteiger charge is 2.25. The lowest BCUT2D eigenvalue weighted by molar-refractivity contribution is -0.128. The minimum atomic E-state index is -3.45. The zero-order valence-corrected chi connectivity index (χ0v) is 20.5. The molecule has 0 spiro atoms. The number of rotatable bonds is 10. The molecule has 1 aliphatic heterocycles. The largest absolute Gasteiger partial charge is 0.492 e. The maximum absolute atomic E-state index is 12.7. The van der Waals surface area contributed by atoms with Crippen molar-refractivity contribution >= 4 is 15.9 Å². The minimum Gasteiger partial charge on any atom is -0.492 e. The van der Waals surface area contributed by atoms with Crippen LogP contribution in [0.4, 0.5) is 0 Å². The summed E-state index contributed by atoms with van der Waals surface area (Å²) in [7, 11) is -3.45. The summed E-state index contributed by atoms with van der Waals surface area (Å²) in [5.74, 6) is 1.08. The standard InChI is InChI=1S/C25H34N2O5S/c1-4-23(32-24-18-19(2)8-9-20(24)3)25(28)26-14-17-31-21-10-12-22(13-11-21)33(29,30)27-15-6-5-7-16-27/h8-13,18,23H,4-7,14-17H2,1-3H3,(H,26,28)/t23-/m0/s1. The van der Waals surface area contributed by atoms with Crippen LogP contribution in [0.3, 0.4) is 0 Å². The lowest BCUT2D eigenvalue weighted by Crippen LogP contribution is -2.39. The predicted molar refractivity (Wildman–Crippen MR) is 128 cm³/mol. The molecule has 0 aliphatic carbocycles. The first-order valence-corrected chi connectivity index (χ1v) is 13.0. The van der Waals surface area contributed by atoms with Crippen LogP contribution in [0.1, 0.15) is 43.7 Å². The van der Waals surface area contributed by atoms with Crippen LogP contribution in [0.5, 0.6) is 11.5 Å². The predicted octanol–water partition coefficient (Wildman–Crippen LogP) is 3.83. The number of amides is 1. The molecule has 33 heavy (non-hydrogen) atoms. The van der Waals surface area contributed by atoms with Crippen LogP contribution in [0.15, 0.2) is 47.4 Å². The van der Waals surface area contributed by atoms with Gasteiger partial charge in [0.25, 0.3) is 5.91 Å². The van der Waals surface area contributed by atoms with Gasteiger partial charge in [0, 0.05) is 13.1 Å². The van der Waals surface area contributed by atoms with Crippen molar-refractivity contribution in [3.8, 4) is 11.5 Å². The molecule has 1 amide bonds. The number of nitrogens with zero attached hydrogens (tertiary/aromatic N) is 1. The fourth-order valence-electron chi connectivity index (χ4n) is 3.73. The van der Waals surface area contributed by atoms with Gasteiger partial charge in [-0.3, -0.25) is 4.79 Å². The monoisotopic (exact) mass is 474 g/mol. The van der Waals surface area contributed by atoms with Gasteiger partial charge in [0.15, 0.2) is 6.10 Å². The van der Waals surface area contributed by atoms with Crippen LogP contribution >= 0.6 is 0 Å². The Kier molecular flexibility index (Phi) is 8.74. The molecule has 7 nitrogen and oxygen atoms in total. The summed E-state index contributed by atoms with van der Waals surface area (Å²) >= 11 is 0. The van der Waals surface area contributed by atoms with Gasteiger partial charge in [-0.1, -0.05) is 25.5 Å². The highest BCUT2D eigenvalue weighted by Crippen LogP contribution is 2.23. The van der Waals surface area contributed by atoms with Crippen molar-refractivity contribution in [2.75, 3.05) is 26.2 Å². The number of hydrogen-bond acceptors (Lipinski definition) is 5. The van der Waals surface area contributed by atoms with Crippen molar-refractivity contribution in [3.63, 3.8) is 0 Å². The Bertz CT molecular complexity index is 1030. The molecule has 0 aromatic heterocycles. The van der Waals surface area contributed by atoms with Crippen LogP contribution in [0, 0.1) is 13.8 Å².